The zero-order valence-electron chi connectivity index (χ0n) is 11.3. The summed E-state index contributed by atoms with van der Waals surface area (Å²) >= 11 is 0. The average molecular weight is 260 g/mol. The second kappa shape index (κ2) is 5.61. The molecule has 0 heterocycles. The van der Waals surface area contributed by atoms with Gasteiger partial charge < -0.3 is 15.0 Å². The molecule has 0 aliphatic heterocycles. The van der Waals surface area contributed by atoms with Gasteiger partial charge in [0.2, 0.25) is 0 Å². The lowest BCUT2D eigenvalue weighted by atomic mass is 10.2. The zero-order valence-corrected chi connectivity index (χ0v) is 11.3. The second-order valence-electron chi connectivity index (χ2n) is 4.42. The molecule has 19 heavy (non-hydrogen) atoms. The molecule has 0 saturated carbocycles. The van der Waals surface area contributed by atoms with Crippen LogP contribution in [0.2, 0.25) is 0 Å². The van der Waals surface area contributed by atoms with Crippen LogP contribution < -0.4 is 15.0 Å². The maximum Gasteiger partial charge on any atom is 0.150 e. The van der Waals surface area contributed by atoms with Crippen LogP contribution in [0.3, 0.4) is 0 Å². The van der Waals surface area contributed by atoms with Crippen molar-refractivity contribution < 1.29 is 9.13 Å². The Morgan fingerprint density at radius 2 is 1.89 bits per heavy atom. The molecule has 0 aliphatic carbocycles. The Morgan fingerprint density at radius 3 is 2.53 bits per heavy atom. The number of nitrogens with one attached hydrogen (secondary N) is 1. The Labute approximate surface area is 112 Å². The number of rotatable bonds is 4. The lowest BCUT2D eigenvalue weighted by Crippen LogP contribution is -2.08. The molecule has 0 aromatic heterocycles. The fourth-order valence-electron chi connectivity index (χ4n) is 1.74. The molecule has 0 atom stereocenters. The number of nitrogens with zero attached hydrogens (tertiary/aromatic N) is 1. The van der Waals surface area contributed by atoms with E-state index in [4.69, 9.17) is 4.74 Å². The summed E-state index contributed by atoms with van der Waals surface area (Å²) in [6, 6.07) is 12.5. The third-order valence-corrected chi connectivity index (χ3v) is 2.82. The van der Waals surface area contributed by atoms with Crippen LogP contribution in [-0.2, 0) is 0 Å². The van der Waals surface area contributed by atoms with E-state index < -0.39 is 0 Å². The molecule has 0 radical (unpaired) electrons. The molecule has 0 aliphatic rings. The smallest absolute Gasteiger partial charge is 0.150 e. The van der Waals surface area contributed by atoms with Crippen LogP contribution in [0.15, 0.2) is 42.5 Å². The van der Waals surface area contributed by atoms with Crippen molar-refractivity contribution in [2.45, 2.75) is 0 Å². The number of benzene rings is 2. The Hall–Kier alpha value is -2.23. The van der Waals surface area contributed by atoms with Gasteiger partial charge in [0.1, 0.15) is 11.6 Å². The normalized spacial score (nSPS) is 10.1. The molecule has 2 rings (SSSR count). The molecular formula is C15H17FN2O. The largest absolute Gasteiger partial charge is 0.497 e. The first-order chi connectivity index (χ1) is 9.10. The maximum absolute atomic E-state index is 13.8. The van der Waals surface area contributed by atoms with E-state index in [0.717, 1.165) is 11.4 Å². The SMILES string of the molecule is COc1ccc(Nc2cccc(N(C)C)c2)c(F)c1. The first-order valence-corrected chi connectivity index (χ1v) is 5.98. The van der Waals surface area contributed by atoms with E-state index in [1.807, 2.05) is 43.3 Å². The van der Waals surface area contributed by atoms with Gasteiger partial charge in [-0.2, -0.15) is 0 Å². The van der Waals surface area contributed by atoms with E-state index >= 15 is 0 Å². The van der Waals surface area contributed by atoms with Gasteiger partial charge in [0.25, 0.3) is 0 Å². The molecule has 0 unspecified atom stereocenters. The molecule has 1 N–H and O–H groups in total. The summed E-state index contributed by atoms with van der Waals surface area (Å²) in [6.45, 7) is 0. The van der Waals surface area contributed by atoms with Gasteiger partial charge in [-0.15, -0.1) is 0 Å². The predicted molar refractivity (Wildman–Crippen MR) is 77.0 cm³/mol. The minimum atomic E-state index is -0.338. The highest BCUT2D eigenvalue weighted by Gasteiger charge is 2.05. The van der Waals surface area contributed by atoms with Crippen molar-refractivity contribution in [2.75, 3.05) is 31.4 Å². The number of halogens is 1. The van der Waals surface area contributed by atoms with Crippen LogP contribution in [0.4, 0.5) is 21.5 Å². The topological polar surface area (TPSA) is 24.5 Å². The second-order valence-corrected chi connectivity index (χ2v) is 4.42. The van der Waals surface area contributed by atoms with Crippen molar-refractivity contribution in [2.24, 2.45) is 0 Å². The number of hydrogen-bond acceptors (Lipinski definition) is 3. The molecule has 2 aromatic rings. The van der Waals surface area contributed by atoms with E-state index in [0.29, 0.717) is 11.4 Å². The molecule has 2 aromatic carbocycles. The van der Waals surface area contributed by atoms with Gasteiger partial charge in [0.15, 0.2) is 0 Å². The number of hydrogen-bond donors (Lipinski definition) is 1. The highest BCUT2D eigenvalue weighted by atomic mass is 19.1. The summed E-state index contributed by atoms with van der Waals surface area (Å²) in [5.41, 5.74) is 2.32. The maximum atomic E-state index is 13.8. The minimum absolute atomic E-state index is 0.338. The summed E-state index contributed by atoms with van der Waals surface area (Å²) in [6.07, 6.45) is 0. The van der Waals surface area contributed by atoms with Crippen LogP contribution in [0.1, 0.15) is 0 Å². The molecule has 0 bridgehead atoms. The molecule has 0 fully saturated rings. The third-order valence-electron chi connectivity index (χ3n) is 2.82. The lowest BCUT2D eigenvalue weighted by molar-refractivity contribution is 0.411. The van der Waals surface area contributed by atoms with E-state index in [2.05, 4.69) is 5.32 Å². The van der Waals surface area contributed by atoms with E-state index in [9.17, 15) is 4.39 Å². The molecule has 0 spiro atoms. The first kappa shape index (κ1) is 13.2. The average Bonchev–Trinajstić information content (AvgIpc) is 2.41. The number of anilines is 3. The Kier molecular flexibility index (Phi) is 3.90. The minimum Gasteiger partial charge on any atom is -0.497 e. The van der Waals surface area contributed by atoms with E-state index in [1.165, 1.54) is 13.2 Å². The van der Waals surface area contributed by atoms with Crippen LogP contribution in [0.5, 0.6) is 5.75 Å². The van der Waals surface area contributed by atoms with Crippen molar-refractivity contribution in [1.29, 1.82) is 0 Å². The summed E-state index contributed by atoms with van der Waals surface area (Å²) in [7, 11) is 5.45. The fourth-order valence-corrected chi connectivity index (χ4v) is 1.74. The van der Waals surface area contributed by atoms with Gasteiger partial charge in [0, 0.05) is 31.5 Å². The van der Waals surface area contributed by atoms with E-state index in [-0.39, 0.29) is 5.82 Å². The molecular weight excluding hydrogens is 243 g/mol. The summed E-state index contributed by atoms with van der Waals surface area (Å²) in [4.78, 5) is 2.00. The fraction of sp³-hybridized carbons (Fsp3) is 0.200. The van der Waals surface area contributed by atoms with Crippen LogP contribution in [-0.4, -0.2) is 21.2 Å². The van der Waals surface area contributed by atoms with Crippen molar-refractivity contribution in [3.8, 4) is 5.75 Å². The summed E-state index contributed by atoms with van der Waals surface area (Å²) in [5.74, 6) is 0.166. The Balaban J connectivity index is 2.23. The third kappa shape index (κ3) is 3.16. The van der Waals surface area contributed by atoms with Gasteiger partial charge in [-0.3, -0.25) is 0 Å². The lowest BCUT2D eigenvalue weighted by Gasteiger charge is -2.15. The number of ether oxygens (including phenoxy) is 1. The van der Waals surface area contributed by atoms with Gasteiger partial charge >= 0.3 is 0 Å². The summed E-state index contributed by atoms with van der Waals surface area (Å²) < 4.78 is 18.8. The molecule has 0 amide bonds. The van der Waals surface area contributed by atoms with E-state index in [1.54, 1.807) is 12.1 Å². The van der Waals surface area contributed by atoms with Gasteiger partial charge in [-0.1, -0.05) is 6.07 Å². The standard InChI is InChI=1S/C15H17FN2O/c1-18(2)12-6-4-5-11(9-12)17-15-8-7-13(19-3)10-14(15)16/h4-10,17H,1-3H3. The quantitative estimate of drug-likeness (QED) is 0.908. The Bertz CT molecular complexity index is 570. The highest BCUT2D eigenvalue weighted by Crippen LogP contribution is 2.25. The van der Waals surface area contributed by atoms with Crippen molar-refractivity contribution >= 4 is 17.1 Å². The number of methoxy groups -OCH3 is 1. The highest BCUT2D eigenvalue weighted by molar-refractivity contribution is 5.65. The van der Waals surface area contributed by atoms with Crippen LogP contribution >= 0.6 is 0 Å². The van der Waals surface area contributed by atoms with Gasteiger partial charge in [0.05, 0.1) is 12.8 Å². The molecule has 3 nitrogen and oxygen atoms in total. The molecule has 4 heteroatoms. The van der Waals surface area contributed by atoms with Gasteiger partial charge in [-0.05, 0) is 30.3 Å². The predicted octanol–water partition coefficient (Wildman–Crippen LogP) is 3.64. The van der Waals surface area contributed by atoms with Gasteiger partial charge in [-0.25, -0.2) is 4.39 Å². The van der Waals surface area contributed by atoms with Crippen molar-refractivity contribution in [3.63, 3.8) is 0 Å². The van der Waals surface area contributed by atoms with Crippen LogP contribution in [0, 0.1) is 5.82 Å². The van der Waals surface area contributed by atoms with Crippen LogP contribution in [0.25, 0.3) is 0 Å². The molecule has 100 valence electrons. The Morgan fingerprint density at radius 1 is 1.11 bits per heavy atom. The molecule has 0 saturated heterocycles. The summed E-state index contributed by atoms with van der Waals surface area (Å²) in [5, 5.41) is 3.06. The van der Waals surface area contributed by atoms with Crippen molar-refractivity contribution in [1.82, 2.24) is 0 Å². The zero-order chi connectivity index (χ0) is 13.8. The first-order valence-electron chi connectivity index (χ1n) is 5.98. The van der Waals surface area contributed by atoms with Crippen molar-refractivity contribution in [3.05, 3.63) is 48.3 Å². The monoisotopic (exact) mass is 260 g/mol.